The molecular formula is C14H25N3O3. The fourth-order valence-corrected chi connectivity index (χ4v) is 3.21. The molecule has 1 saturated heterocycles. The number of carbonyl (C=O) groups excluding carboxylic acids is 1. The quantitative estimate of drug-likeness (QED) is 0.683. The molecule has 3 unspecified atom stereocenters. The molecule has 0 radical (unpaired) electrons. The summed E-state index contributed by atoms with van der Waals surface area (Å²) < 4.78 is 0. The molecule has 1 aliphatic carbocycles. The van der Waals surface area contributed by atoms with Gasteiger partial charge in [0.25, 0.3) is 0 Å². The van der Waals surface area contributed by atoms with Gasteiger partial charge < -0.3 is 16.2 Å². The number of hydrogen-bond acceptors (Lipinski definition) is 4. The third-order valence-electron chi connectivity index (χ3n) is 4.63. The highest BCUT2D eigenvalue weighted by atomic mass is 16.4. The van der Waals surface area contributed by atoms with Gasteiger partial charge in [0, 0.05) is 19.1 Å². The van der Waals surface area contributed by atoms with Gasteiger partial charge in [0.2, 0.25) is 5.91 Å². The summed E-state index contributed by atoms with van der Waals surface area (Å²) in [6.45, 7) is 3.23. The molecule has 4 N–H and O–H groups in total. The monoisotopic (exact) mass is 283 g/mol. The van der Waals surface area contributed by atoms with Crippen LogP contribution in [0.25, 0.3) is 0 Å². The van der Waals surface area contributed by atoms with E-state index in [4.69, 9.17) is 10.8 Å². The number of aliphatic carboxylic acids is 1. The lowest BCUT2D eigenvalue weighted by Gasteiger charge is -2.30. The second-order valence-corrected chi connectivity index (χ2v) is 6.36. The molecule has 114 valence electrons. The Bertz CT molecular complexity index is 388. The molecule has 2 rings (SSSR count). The molecule has 2 aliphatic rings. The number of likely N-dealkylation sites (tertiary alicyclic amines) is 1. The van der Waals surface area contributed by atoms with E-state index in [1.165, 1.54) is 19.3 Å². The highest BCUT2D eigenvalue weighted by Crippen LogP contribution is 2.24. The van der Waals surface area contributed by atoms with Crippen LogP contribution in [0.5, 0.6) is 0 Å². The van der Waals surface area contributed by atoms with Gasteiger partial charge in [-0.15, -0.1) is 0 Å². The van der Waals surface area contributed by atoms with Crippen molar-refractivity contribution in [2.75, 3.05) is 19.6 Å². The zero-order chi connectivity index (χ0) is 14.8. The summed E-state index contributed by atoms with van der Waals surface area (Å²) in [6, 6.07) is 0.265. The summed E-state index contributed by atoms with van der Waals surface area (Å²) in [4.78, 5) is 24.9. The number of amides is 1. The molecule has 2 fully saturated rings. The highest BCUT2D eigenvalue weighted by molar-refractivity contribution is 5.81. The van der Waals surface area contributed by atoms with Gasteiger partial charge >= 0.3 is 5.97 Å². The van der Waals surface area contributed by atoms with Crippen LogP contribution >= 0.6 is 0 Å². The van der Waals surface area contributed by atoms with E-state index in [1.54, 1.807) is 0 Å². The van der Waals surface area contributed by atoms with Crippen LogP contribution in [0.3, 0.4) is 0 Å². The van der Waals surface area contributed by atoms with Crippen LogP contribution < -0.4 is 11.1 Å². The molecule has 1 aliphatic heterocycles. The minimum Gasteiger partial charge on any atom is -0.480 e. The van der Waals surface area contributed by atoms with Gasteiger partial charge in [-0.05, 0) is 25.2 Å². The topological polar surface area (TPSA) is 95.7 Å². The highest BCUT2D eigenvalue weighted by Gasteiger charge is 2.41. The Morgan fingerprint density at radius 3 is 2.70 bits per heavy atom. The fourth-order valence-electron chi connectivity index (χ4n) is 3.21. The lowest BCUT2D eigenvalue weighted by atomic mass is 9.86. The summed E-state index contributed by atoms with van der Waals surface area (Å²) >= 11 is 0. The minimum atomic E-state index is -1.20. The smallest absolute Gasteiger partial charge is 0.325 e. The predicted molar refractivity (Wildman–Crippen MR) is 75.2 cm³/mol. The maximum atomic E-state index is 12.1. The first-order valence-corrected chi connectivity index (χ1v) is 7.45. The molecule has 0 aromatic rings. The molecule has 1 heterocycles. The number of nitrogens with one attached hydrogen (secondary N) is 1. The molecule has 1 amide bonds. The maximum Gasteiger partial charge on any atom is 0.325 e. The van der Waals surface area contributed by atoms with Crippen molar-refractivity contribution < 1.29 is 14.7 Å². The van der Waals surface area contributed by atoms with E-state index in [1.807, 2.05) is 4.90 Å². The van der Waals surface area contributed by atoms with Crippen molar-refractivity contribution in [3.05, 3.63) is 0 Å². The van der Waals surface area contributed by atoms with Crippen molar-refractivity contribution in [2.24, 2.45) is 11.7 Å². The van der Waals surface area contributed by atoms with E-state index in [0.717, 1.165) is 6.42 Å². The lowest BCUT2D eigenvalue weighted by Crippen LogP contribution is -2.51. The van der Waals surface area contributed by atoms with Crippen LogP contribution in [-0.4, -0.2) is 53.1 Å². The predicted octanol–water partition coefficient (Wildman–Crippen LogP) is 0.169. The molecule has 0 bridgehead atoms. The summed E-state index contributed by atoms with van der Waals surface area (Å²) in [7, 11) is 0. The number of rotatable bonds is 4. The average Bonchev–Trinajstić information content (AvgIpc) is 2.75. The standard InChI is InChI=1S/C14H25N3O3/c1-10-4-2-3-5-11(10)16-12(18)8-17-7-6-14(15,9-17)13(19)20/h10-11H,2-9,15H2,1H3,(H,16,18)(H,19,20). The molecule has 1 saturated carbocycles. The van der Waals surface area contributed by atoms with E-state index in [2.05, 4.69) is 12.2 Å². The third-order valence-corrected chi connectivity index (χ3v) is 4.63. The van der Waals surface area contributed by atoms with E-state index < -0.39 is 11.5 Å². The van der Waals surface area contributed by atoms with E-state index >= 15 is 0 Å². The molecule has 0 aromatic heterocycles. The largest absolute Gasteiger partial charge is 0.480 e. The third kappa shape index (κ3) is 3.49. The molecular weight excluding hydrogens is 258 g/mol. The Balaban J connectivity index is 1.79. The number of nitrogens with two attached hydrogens (primary N) is 1. The van der Waals surface area contributed by atoms with E-state index in [9.17, 15) is 9.59 Å². The first-order valence-electron chi connectivity index (χ1n) is 7.45. The first-order chi connectivity index (χ1) is 9.40. The lowest BCUT2D eigenvalue weighted by molar-refractivity contribution is -0.143. The van der Waals surface area contributed by atoms with Crippen molar-refractivity contribution in [1.29, 1.82) is 0 Å². The van der Waals surface area contributed by atoms with E-state index in [-0.39, 0.29) is 25.0 Å². The number of hydrogen-bond donors (Lipinski definition) is 3. The number of nitrogens with zero attached hydrogens (tertiary/aromatic N) is 1. The van der Waals surface area contributed by atoms with Gasteiger partial charge in [-0.2, -0.15) is 0 Å². The zero-order valence-electron chi connectivity index (χ0n) is 12.1. The first kappa shape index (κ1) is 15.3. The molecule has 3 atom stereocenters. The summed E-state index contributed by atoms with van der Waals surface area (Å²) in [5, 5.41) is 12.2. The van der Waals surface area contributed by atoms with Crippen molar-refractivity contribution in [1.82, 2.24) is 10.2 Å². The van der Waals surface area contributed by atoms with E-state index in [0.29, 0.717) is 18.9 Å². The van der Waals surface area contributed by atoms with Crippen LogP contribution in [0.15, 0.2) is 0 Å². The number of carboxylic acid groups (broad SMARTS) is 1. The van der Waals surface area contributed by atoms with Crippen LogP contribution in [0.4, 0.5) is 0 Å². The summed E-state index contributed by atoms with van der Waals surface area (Å²) in [6.07, 6.45) is 5.02. The Labute approximate surface area is 119 Å². The van der Waals surface area contributed by atoms with Crippen molar-refractivity contribution in [2.45, 2.75) is 50.6 Å². The molecule has 0 spiro atoms. The molecule has 6 nitrogen and oxygen atoms in total. The normalized spacial score (nSPS) is 34.9. The Morgan fingerprint density at radius 1 is 1.40 bits per heavy atom. The van der Waals surface area contributed by atoms with Gasteiger partial charge in [-0.3, -0.25) is 14.5 Å². The summed E-state index contributed by atoms with van der Waals surface area (Å²) in [5.41, 5.74) is 4.61. The van der Waals surface area contributed by atoms with Crippen molar-refractivity contribution in [3.63, 3.8) is 0 Å². The average molecular weight is 283 g/mol. The van der Waals surface area contributed by atoms with Gasteiger partial charge in [-0.1, -0.05) is 19.8 Å². The van der Waals surface area contributed by atoms with Crippen LogP contribution in [-0.2, 0) is 9.59 Å². The van der Waals surface area contributed by atoms with Crippen molar-refractivity contribution in [3.8, 4) is 0 Å². The van der Waals surface area contributed by atoms with Crippen LogP contribution in [0, 0.1) is 5.92 Å². The Kier molecular flexibility index (Phi) is 4.65. The molecule has 0 aromatic carbocycles. The van der Waals surface area contributed by atoms with Gasteiger partial charge in [0.15, 0.2) is 0 Å². The minimum absolute atomic E-state index is 0.0154. The van der Waals surface area contributed by atoms with Crippen LogP contribution in [0.1, 0.15) is 39.0 Å². The Morgan fingerprint density at radius 2 is 2.10 bits per heavy atom. The molecule has 6 heteroatoms. The van der Waals surface area contributed by atoms with Crippen molar-refractivity contribution >= 4 is 11.9 Å². The van der Waals surface area contributed by atoms with Gasteiger partial charge in [0.05, 0.1) is 6.54 Å². The zero-order valence-corrected chi connectivity index (χ0v) is 12.1. The second kappa shape index (κ2) is 6.10. The molecule has 20 heavy (non-hydrogen) atoms. The van der Waals surface area contributed by atoms with Gasteiger partial charge in [-0.25, -0.2) is 0 Å². The maximum absolute atomic E-state index is 12.1. The summed E-state index contributed by atoms with van der Waals surface area (Å²) in [5.74, 6) is -0.474. The van der Waals surface area contributed by atoms with Crippen LogP contribution in [0.2, 0.25) is 0 Å². The number of carboxylic acids is 1. The fraction of sp³-hybridized carbons (Fsp3) is 0.857. The van der Waals surface area contributed by atoms with Gasteiger partial charge in [0.1, 0.15) is 5.54 Å². The Hall–Kier alpha value is -1.14. The SMILES string of the molecule is CC1CCCCC1NC(=O)CN1CCC(N)(C(=O)O)C1. The second-order valence-electron chi connectivity index (χ2n) is 6.36. The number of carbonyl (C=O) groups is 2.